The van der Waals surface area contributed by atoms with E-state index in [9.17, 15) is 0 Å². The highest BCUT2D eigenvalue weighted by Gasteiger charge is 2.19. The minimum absolute atomic E-state index is 0.327. The third-order valence-corrected chi connectivity index (χ3v) is 5.09. The number of rotatable bonds is 9. The van der Waals surface area contributed by atoms with Gasteiger partial charge in [0, 0.05) is 18.2 Å². The van der Waals surface area contributed by atoms with Gasteiger partial charge in [0.2, 0.25) is 0 Å². The normalized spacial score (nSPS) is 16.0. The molecule has 2 aromatic rings. The largest absolute Gasteiger partial charge is 0.496 e. The highest BCUT2D eigenvalue weighted by atomic mass is 16.5. The predicted octanol–water partition coefficient (Wildman–Crippen LogP) is 4.28. The second kappa shape index (κ2) is 9.59. The van der Waals surface area contributed by atoms with Gasteiger partial charge in [0.25, 0.3) is 0 Å². The van der Waals surface area contributed by atoms with Crippen LogP contribution in [0.25, 0.3) is 0 Å². The fourth-order valence-corrected chi connectivity index (χ4v) is 3.66. The molecule has 3 heteroatoms. The third kappa shape index (κ3) is 5.58. The molecule has 1 aliphatic rings. The molecular weight excluding hydrogens is 308 g/mol. The Morgan fingerprint density at radius 3 is 2.48 bits per heavy atom. The number of nitrogens with one attached hydrogen (secondary N) is 2. The van der Waals surface area contributed by atoms with Gasteiger partial charge in [-0.25, -0.2) is 0 Å². The van der Waals surface area contributed by atoms with Gasteiger partial charge < -0.3 is 4.74 Å². The summed E-state index contributed by atoms with van der Waals surface area (Å²) in [5.41, 5.74) is 2.61. The van der Waals surface area contributed by atoms with Crippen molar-refractivity contribution in [1.29, 1.82) is 0 Å². The van der Waals surface area contributed by atoms with E-state index in [1.807, 2.05) is 12.1 Å². The number of ether oxygens (including phenoxy) is 1. The fourth-order valence-electron chi connectivity index (χ4n) is 3.66. The molecule has 1 aliphatic carbocycles. The molecule has 1 fully saturated rings. The van der Waals surface area contributed by atoms with Gasteiger partial charge in [0.1, 0.15) is 5.75 Å². The quantitative estimate of drug-likeness (QED) is 0.670. The number of hydrogen-bond donors (Lipinski definition) is 2. The lowest BCUT2D eigenvalue weighted by Gasteiger charge is -2.25. The minimum Gasteiger partial charge on any atom is -0.496 e. The molecule has 0 saturated heterocycles. The number of methoxy groups -OCH3 is 1. The molecule has 3 rings (SSSR count). The van der Waals surface area contributed by atoms with Crippen molar-refractivity contribution in [2.45, 2.75) is 57.3 Å². The molecule has 0 amide bonds. The van der Waals surface area contributed by atoms with Crippen LogP contribution in [0.3, 0.4) is 0 Å². The zero-order chi connectivity index (χ0) is 17.3. The molecule has 1 saturated carbocycles. The van der Waals surface area contributed by atoms with Crippen LogP contribution in [-0.2, 0) is 13.0 Å². The SMILES string of the molecule is COc1ccccc1CN[C@H](CCc1ccccc1)NC1CCCC1. The van der Waals surface area contributed by atoms with Crippen LogP contribution in [0.1, 0.15) is 43.2 Å². The van der Waals surface area contributed by atoms with E-state index in [0.717, 1.165) is 25.1 Å². The van der Waals surface area contributed by atoms with Crippen molar-refractivity contribution in [1.82, 2.24) is 10.6 Å². The summed E-state index contributed by atoms with van der Waals surface area (Å²) < 4.78 is 5.48. The molecular formula is C22H30N2O. The third-order valence-electron chi connectivity index (χ3n) is 5.09. The summed E-state index contributed by atoms with van der Waals surface area (Å²) in [4.78, 5) is 0. The predicted molar refractivity (Wildman–Crippen MR) is 104 cm³/mol. The van der Waals surface area contributed by atoms with Crippen molar-refractivity contribution in [3.8, 4) is 5.75 Å². The highest BCUT2D eigenvalue weighted by Crippen LogP contribution is 2.20. The molecule has 0 bridgehead atoms. The highest BCUT2D eigenvalue weighted by molar-refractivity contribution is 5.33. The van der Waals surface area contributed by atoms with Crippen molar-refractivity contribution >= 4 is 0 Å². The summed E-state index contributed by atoms with van der Waals surface area (Å²) in [6.07, 6.45) is 7.83. The molecule has 134 valence electrons. The first-order chi connectivity index (χ1) is 12.3. The van der Waals surface area contributed by atoms with E-state index in [-0.39, 0.29) is 0 Å². The molecule has 0 unspecified atom stereocenters. The van der Waals surface area contributed by atoms with Crippen molar-refractivity contribution in [2.24, 2.45) is 0 Å². The van der Waals surface area contributed by atoms with E-state index in [1.54, 1.807) is 7.11 Å². The summed E-state index contributed by atoms with van der Waals surface area (Å²) in [6, 6.07) is 19.7. The Labute approximate surface area is 151 Å². The Kier molecular flexibility index (Phi) is 6.89. The molecule has 1 atom stereocenters. The lowest BCUT2D eigenvalue weighted by atomic mass is 10.1. The zero-order valence-electron chi connectivity index (χ0n) is 15.2. The number of para-hydroxylation sites is 1. The monoisotopic (exact) mass is 338 g/mol. The van der Waals surface area contributed by atoms with Gasteiger partial charge in [-0.15, -0.1) is 0 Å². The van der Waals surface area contributed by atoms with Crippen molar-refractivity contribution in [3.63, 3.8) is 0 Å². The molecule has 0 radical (unpaired) electrons. The van der Waals surface area contributed by atoms with Gasteiger partial charge in [0.15, 0.2) is 0 Å². The topological polar surface area (TPSA) is 33.3 Å². The molecule has 0 heterocycles. The summed E-state index contributed by atoms with van der Waals surface area (Å²) >= 11 is 0. The molecule has 25 heavy (non-hydrogen) atoms. The molecule has 2 N–H and O–H groups in total. The Bertz CT molecular complexity index is 623. The maximum atomic E-state index is 5.48. The minimum atomic E-state index is 0.327. The maximum absolute atomic E-state index is 5.48. The average Bonchev–Trinajstić information content (AvgIpc) is 3.18. The number of hydrogen-bond acceptors (Lipinski definition) is 3. The van der Waals surface area contributed by atoms with Crippen LogP contribution in [-0.4, -0.2) is 19.3 Å². The first-order valence-electron chi connectivity index (χ1n) is 9.50. The van der Waals surface area contributed by atoms with Crippen molar-refractivity contribution in [2.75, 3.05) is 7.11 Å². The standard InChI is InChI=1S/C22H30N2O/c1-25-21-14-8-5-11-19(21)17-23-22(24-20-12-6-7-13-20)16-15-18-9-3-2-4-10-18/h2-5,8-11,14,20,22-24H,6-7,12-13,15-17H2,1H3/t22-/m0/s1. The van der Waals surface area contributed by atoms with Crippen LogP contribution in [0.4, 0.5) is 0 Å². The first kappa shape index (κ1) is 18.0. The van der Waals surface area contributed by atoms with Gasteiger partial charge in [-0.1, -0.05) is 61.4 Å². The van der Waals surface area contributed by atoms with Crippen LogP contribution >= 0.6 is 0 Å². The second-order valence-corrected chi connectivity index (χ2v) is 6.92. The Hall–Kier alpha value is -1.84. The molecule has 0 spiro atoms. The van der Waals surface area contributed by atoms with Crippen molar-refractivity contribution in [3.05, 3.63) is 65.7 Å². The summed E-state index contributed by atoms with van der Waals surface area (Å²) in [5, 5.41) is 7.56. The molecule has 2 aromatic carbocycles. The van der Waals surface area contributed by atoms with E-state index in [0.29, 0.717) is 12.2 Å². The Morgan fingerprint density at radius 2 is 1.72 bits per heavy atom. The van der Waals surface area contributed by atoms with E-state index in [2.05, 4.69) is 53.1 Å². The van der Waals surface area contributed by atoms with E-state index in [4.69, 9.17) is 4.74 Å². The van der Waals surface area contributed by atoms with Gasteiger partial charge >= 0.3 is 0 Å². The second-order valence-electron chi connectivity index (χ2n) is 6.92. The summed E-state index contributed by atoms with van der Waals surface area (Å²) in [6.45, 7) is 0.823. The van der Waals surface area contributed by atoms with E-state index < -0.39 is 0 Å². The maximum Gasteiger partial charge on any atom is 0.123 e. The lowest BCUT2D eigenvalue weighted by Crippen LogP contribution is -2.46. The Morgan fingerprint density at radius 1 is 1.00 bits per heavy atom. The van der Waals surface area contributed by atoms with Gasteiger partial charge in [-0.2, -0.15) is 0 Å². The van der Waals surface area contributed by atoms with E-state index in [1.165, 1.54) is 36.8 Å². The number of benzene rings is 2. The first-order valence-corrected chi connectivity index (χ1v) is 9.50. The molecule has 3 nitrogen and oxygen atoms in total. The summed E-state index contributed by atoms with van der Waals surface area (Å²) in [5.74, 6) is 0.956. The lowest BCUT2D eigenvalue weighted by molar-refractivity contribution is 0.347. The molecule has 0 aliphatic heterocycles. The van der Waals surface area contributed by atoms with Gasteiger partial charge in [0.05, 0.1) is 13.3 Å². The molecule has 0 aromatic heterocycles. The van der Waals surface area contributed by atoms with Crippen molar-refractivity contribution < 1.29 is 4.74 Å². The Balaban J connectivity index is 1.58. The van der Waals surface area contributed by atoms with Crippen LogP contribution in [0, 0.1) is 0 Å². The number of aryl methyl sites for hydroxylation is 1. The van der Waals surface area contributed by atoms with Gasteiger partial charge in [-0.3, -0.25) is 10.6 Å². The van der Waals surface area contributed by atoms with Crippen LogP contribution in [0.5, 0.6) is 5.75 Å². The fraction of sp³-hybridized carbons (Fsp3) is 0.455. The van der Waals surface area contributed by atoms with Crippen LogP contribution in [0.2, 0.25) is 0 Å². The zero-order valence-corrected chi connectivity index (χ0v) is 15.2. The van der Waals surface area contributed by atoms with Crippen LogP contribution in [0.15, 0.2) is 54.6 Å². The smallest absolute Gasteiger partial charge is 0.123 e. The van der Waals surface area contributed by atoms with Gasteiger partial charge in [-0.05, 0) is 37.3 Å². The van der Waals surface area contributed by atoms with E-state index >= 15 is 0 Å². The average molecular weight is 338 g/mol. The van der Waals surface area contributed by atoms with Crippen LogP contribution < -0.4 is 15.4 Å². The summed E-state index contributed by atoms with van der Waals surface area (Å²) in [7, 11) is 1.74.